The Kier molecular flexibility index (Phi) is 2.08. The third kappa shape index (κ3) is 1.03. The van der Waals surface area contributed by atoms with Gasteiger partial charge in [0.2, 0.25) is 0 Å². The summed E-state index contributed by atoms with van der Waals surface area (Å²) in [5.74, 6) is 3.13. The van der Waals surface area contributed by atoms with Gasteiger partial charge in [-0.15, -0.1) is 0 Å². The molecule has 0 amide bonds. The van der Waals surface area contributed by atoms with Gasteiger partial charge in [0.25, 0.3) is 0 Å². The van der Waals surface area contributed by atoms with Gasteiger partial charge in [-0.25, -0.2) is 0 Å². The molecule has 1 aromatic carbocycles. The number of hydrogen-bond donors (Lipinski definition) is 0. The van der Waals surface area contributed by atoms with E-state index in [9.17, 15) is 0 Å². The van der Waals surface area contributed by atoms with Gasteiger partial charge in [-0.3, -0.25) is 0 Å². The summed E-state index contributed by atoms with van der Waals surface area (Å²) < 4.78 is 0.110. The minimum Gasteiger partial charge on any atom is -0.0863 e. The van der Waals surface area contributed by atoms with Crippen LogP contribution in [-0.4, -0.2) is 8.06 Å². The third-order valence-electron chi connectivity index (χ3n) is 4.76. The standard InChI is InChI=1S/C13H11Br3/c14-12-8-5-9(13(12,15)16)11-7-4-2-1-3-6(7)10(8)11/h1-4,8-12H,5H2/t8-,9+,10+,11-,12-/m1/s1. The molecule has 16 heavy (non-hydrogen) atoms. The molecule has 0 N–H and O–H groups in total. The predicted molar refractivity (Wildman–Crippen MR) is 76.8 cm³/mol. The van der Waals surface area contributed by atoms with E-state index in [1.807, 2.05) is 0 Å². The molecule has 0 heterocycles. The molecular formula is C13H11Br3. The molecule has 0 aliphatic heterocycles. The molecule has 4 rings (SSSR count). The van der Waals surface area contributed by atoms with Crippen LogP contribution in [0.5, 0.6) is 0 Å². The van der Waals surface area contributed by atoms with Crippen LogP contribution in [0.4, 0.5) is 0 Å². The van der Waals surface area contributed by atoms with Crippen LogP contribution in [0.2, 0.25) is 0 Å². The van der Waals surface area contributed by atoms with E-state index < -0.39 is 0 Å². The van der Waals surface area contributed by atoms with Crippen molar-refractivity contribution in [2.45, 2.75) is 26.3 Å². The zero-order valence-electron chi connectivity index (χ0n) is 8.54. The molecule has 0 aromatic heterocycles. The van der Waals surface area contributed by atoms with Crippen LogP contribution in [0, 0.1) is 11.8 Å². The molecular weight excluding hydrogens is 396 g/mol. The Balaban J connectivity index is 1.85. The fourth-order valence-corrected chi connectivity index (χ4v) is 6.65. The van der Waals surface area contributed by atoms with Gasteiger partial charge in [0.1, 0.15) is 0 Å². The van der Waals surface area contributed by atoms with Crippen molar-refractivity contribution >= 4 is 47.8 Å². The molecule has 3 aliphatic rings. The van der Waals surface area contributed by atoms with E-state index in [1.165, 1.54) is 6.42 Å². The monoisotopic (exact) mass is 404 g/mol. The molecule has 0 nitrogen and oxygen atoms in total. The molecule has 0 unspecified atom stereocenters. The highest BCUT2D eigenvalue weighted by Gasteiger charge is 2.67. The lowest BCUT2D eigenvalue weighted by Gasteiger charge is -2.49. The second kappa shape index (κ2) is 3.16. The Morgan fingerprint density at radius 1 is 1.06 bits per heavy atom. The van der Waals surface area contributed by atoms with E-state index in [0.29, 0.717) is 4.83 Å². The summed E-state index contributed by atoms with van der Waals surface area (Å²) >= 11 is 11.7. The van der Waals surface area contributed by atoms with E-state index in [-0.39, 0.29) is 3.23 Å². The summed E-state index contributed by atoms with van der Waals surface area (Å²) in [5, 5.41) is 0. The van der Waals surface area contributed by atoms with Gasteiger partial charge < -0.3 is 0 Å². The number of rotatable bonds is 0. The van der Waals surface area contributed by atoms with Crippen molar-refractivity contribution in [2.24, 2.45) is 11.8 Å². The van der Waals surface area contributed by atoms with Gasteiger partial charge in [-0.1, -0.05) is 72.1 Å². The fraction of sp³-hybridized carbons (Fsp3) is 0.538. The lowest BCUT2D eigenvalue weighted by molar-refractivity contribution is 0.332. The molecule has 2 fully saturated rings. The minimum absolute atomic E-state index is 0.110. The first-order valence-corrected chi connectivity index (χ1v) is 8.23. The fourth-order valence-electron chi connectivity index (χ4n) is 4.15. The number of alkyl halides is 3. The van der Waals surface area contributed by atoms with Gasteiger partial charge in [-0.05, 0) is 41.2 Å². The summed E-state index contributed by atoms with van der Waals surface area (Å²) in [4.78, 5) is 0.555. The third-order valence-corrected chi connectivity index (χ3v) is 9.55. The maximum Gasteiger partial charge on any atom is 0.0966 e. The summed E-state index contributed by atoms with van der Waals surface area (Å²) in [6, 6.07) is 8.99. The molecule has 0 spiro atoms. The summed E-state index contributed by atoms with van der Waals surface area (Å²) in [5.41, 5.74) is 3.21. The average Bonchev–Trinajstić information content (AvgIpc) is 2.68. The highest BCUT2D eigenvalue weighted by Crippen LogP contribution is 2.74. The molecule has 1 aromatic rings. The lowest BCUT2D eigenvalue weighted by Crippen LogP contribution is -2.44. The summed E-state index contributed by atoms with van der Waals surface area (Å²) in [6.07, 6.45) is 1.34. The maximum atomic E-state index is 3.89. The number of benzene rings is 1. The Morgan fingerprint density at radius 3 is 2.38 bits per heavy atom. The van der Waals surface area contributed by atoms with E-state index >= 15 is 0 Å². The topological polar surface area (TPSA) is 0 Å². The SMILES string of the molecule is Br[C@@H]1[C@@H]2C[C@@H]([C@H]3c4ccccc4[C@@H]23)C1(Br)Br. The zero-order chi connectivity index (χ0) is 11.1. The minimum atomic E-state index is 0.110. The van der Waals surface area contributed by atoms with Crippen LogP contribution < -0.4 is 0 Å². The smallest absolute Gasteiger partial charge is 0.0863 e. The number of fused-ring (bicyclic) bond motifs is 8. The molecule has 3 aliphatic carbocycles. The molecule has 84 valence electrons. The Morgan fingerprint density at radius 2 is 1.69 bits per heavy atom. The van der Waals surface area contributed by atoms with Crippen LogP contribution in [0.25, 0.3) is 0 Å². The van der Waals surface area contributed by atoms with Gasteiger partial charge in [-0.2, -0.15) is 0 Å². The molecule has 2 saturated carbocycles. The maximum absolute atomic E-state index is 3.89. The first-order valence-electron chi connectivity index (χ1n) is 5.73. The van der Waals surface area contributed by atoms with Crippen molar-refractivity contribution in [1.82, 2.24) is 0 Å². The van der Waals surface area contributed by atoms with Crippen molar-refractivity contribution in [3.63, 3.8) is 0 Å². The second-order valence-electron chi connectivity index (χ2n) is 5.26. The van der Waals surface area contributed by atoms with Gasteiger partial charge in [0.15, 0.2) is 0 Å². The molecule has 2 bridgehead atoms. The van der Waals surface area contributed by atoms with Gasteiger partial charge >= 0.3 is 0 Å². The van der Waals surface area contributed by atoms with E-state index in [1.54, 1.807) is 11.1 Å². The summed E-state index contributed by atoms with van der Waals surface area (Å²) in [7, 11) is 0. The Bertz CT molecular complexity index is 468. The zero-order valence-corrected chi connectivity index (χ0v) is 13.3. The first kappa shape index (κ1) is 10.6. The van der Waals surface area contributed by atoms with E-state index in [0.717, 1.165) is 23.7 Å². The lowest BCUT2D eigenvalue weighted by atomic mass is 9.61. The Hall–Kier alpha value is 0.660. The average molecular weight is 407 g/mol. The second-order valence-corrected chi connectivity index (χ2v) is 9.94. The normalized spacial score (nSPS) is 46.1. The largest absolute Gasteiger partial charge is 0.0966 e. The molecule has 0 radical (unpaired) electrons. The van der Waals surface area contributed by atoms with E-state index in [2.05, 4.69) is 72.1 Å². The number of halogens is 3. The van der Waals surface area contributed by atoms with Crippen LogP contribution in [0.15, 0.2) is 24.3 Å². The van der Waals surface area contributed by atoms with Crippen LogP contribution in [0.3, 0.4) is 0 Å². The highest BCUT2D eigenvalue weighted by molar-refractivity contribution is 9.26. The van der Waals surface area contributed by atoms with Crippen molar-refractivity contribution in [1.29, 1.82) is 0 Å². The van der Waals surface area contributed by atoms with Gasteiger partial charge in [0.05, 0.1) is 3.23 Å². The van der Waals surface area contributed by atoms with E-state index in [4.69, 9.17) is 0 Å². The quantitative estimate of drug-likeness (QED) is 0.544. The van der Waals surface area contributed by atoms with Crippen LogP contribution in [0.1, 0.15) is 29.4 Å². The Labute approximate surface area is 121 Å². The predicted octanol–water partition coefficient (Wildman–Crippen LogP) is 4.77. The molecule has 0 saturated heterocycles. The molecule has 5 atom stereocenters. The van der Waals surface area contributed by atoms with Crippen molar-refractivity contribution in [3.8, 4) is 0 Å². The molecule has 3 heteroatoms. The highest BCUT2D eigenvalue weighted by atomic mass is 79.9. The summed E-state index contributed by atoms with van der Waals surface area (Å²) in [6.45, 7) is 0. The van der Waals surface area contributed by atoms with Gasteiger partial charge in [0, 0.05) is 4.83 Å². The number of hydrogen-bond acceptors (Lipinski definition) is 0. The van der Waals surface area contributed by atoms with Crippen LogP contribution >= 0.6 is 47.8 Å². The van der Waals surface area contributed by atoms with Crippen molar-refractivity contribution in [2.75, 3.05) is 0 Å². The first-order chi connectivity index (χ1) is 7.62. The van der Waals surface area contributed by atoms with Crippen molar-refractivity contribution in [3.05, 3.63) is 35.4 Å². The van der Waals surface area contributed by atoms with Crippen LogP contribution in [-0.2, 0) is 0 Å². The van der Waals surface area contributed by atoms with Crippen molar-refractivity contribution < 1.29 is 0 Å².